The molecule has 3 N–H and O–H groups in total. The molecule has 0 aliphatic carbocycles. The number of nitrogens with zero attached hydrogens (tertiary/aromatic N) is 1. The highest BCUT2D eigenvalue weighted by Crippen LogP contribution is 2.26. The van der Waals surface area contributed by atoms with E-state index in [4.69, 9.17) is 23.2 Å². The summed E-state index contributed by atoms with van der Waals surface area (Å²) in [5, 5.41) is 9.87. The van der Waals surface area contributed by atoms with Crippen LogP contribution in [0.5, 0.6) is 5.88 Å². The fraction of sp³-hybridized carbons (Fsp3) is 0.143. The molecule has 82 valence electrons. The topological polar surface area (TPSA) is 89.9 Å². The number of ether oxygens (including phenoxy) is 1. The van der Waals surface area contributed by atoms with Gasteiger partial charge in [-0.3, -0.25) is 0 Å². The summed E-state index contributed by atoms with van der Waals surface area (Å²) >= 11 is 10.9. The fourth-order valence-electron chi connectivity index (χ4n) is 0.694. The van der Waals surface area contributed by atoms with Crippen molar-refractivity contribution in [2.75, 3.05) is 0 Å². The fourth-order valence-corrected chi connectivity index (χ4v) is 1.10. The van der Waals surface area contributed by atoms with E-state index in [-0.39, 0.29) is 10.0 Å². The Hall–Kier alpha value is -1.11. The summed E-state index contributed by atoms with van der Waals surface area (Å²) in [7, 11) is 0. The molecule has 0 saturated heterocycles. The number of carbonyl (C=O) groups is 1. The average molecular weight is 255 g/mol. The van der Waals surface area contributed by atoms with E-state index in [2.05, 4.69) is 15.5 Å². The Bertz CT molecular complexity index is 402. The number of carboxylic acids is 1. The number of pyridine rings is 1. The molecular weight excluding hydrogens is 250 g/mol. The van der Waals surface area contributed by atoms with Gasteiger partial charge in [0.05, 0.1) is 5.02 Å². The van der Waals surface area contributed by atoms with Crippen LogP contribution in [0.25, 0.3) is 0 Å². The zero-order chi connectivity index (χ0) is 11.6. The summed E-state index contributed by atoms with van der Waals surface area (Å²) in [6.07, 6.45) is -1.53. The van der Waals surface area contributed by atoms with Crippen LogP contribution in [-0.4, -0.2) is 17.2 Å². The quantitative estimate of drug-likeness (QED) is 0.566. The number of halogens is 3. The molecule has 0 radical (unpaired) electrons. The smallest absolute Gasteiger partial charge is 0.271 e. The largest absolute Gasteiger partial charge is 0.541 e. The molecule has 0 spiro atoms. The first-order chi connectivity index (χ1) is 6.91. The van der Waals surface area contributed by atoms with Crippen LogP contribution in [0.15, 0.2) is 6.07 Å². The van der Waals surface area contributed by atoms with Crippen LogP contribution < -0.4 is 15.6 Å². The molecule has 1 aromatic heterocycles. The van der Waals surface area contributed by atoms with Crippen molar-refractivity contribution < 1.29 is 24.8 Å². The summed E-state index contributed by atoms with van der Waals surface area (Å²) < 4.78 is 17.5. The first kappa shape index (κ1) is 12.0. The van der Waals surface area contributed by atoms with E-state index in [1.54, 1.807) is 0 Å². The summed E-state index contributed by atoms with van der Waals surface area (Å²) in [5.74, 6) is -2.98. The molecule has 1 heterocycles. The molecule has 0 amide bonds. The summed E-state index contributed by atoms with van der Waals surface area (Å²) in [4.78, 5) is 13.5. The van der Waals surface area contributed by atoms with E-state index in [0.717, 1.165) is 6.07 Å². The van der Waals surface area contributed by atoms with E-state index in [0.29, 0.717) is 0 Å². The zero-order valence-corrected chi connectivity index (χ0v) is 8.68. The van der Waals surface area contributed by atoms with E-state index >= 15 is 0 Å². The SMILES string of the molecule is [NH3+]C(Oc1nc(F)c(Cl)cc1Cl)C(=O)[O-]. The monoisotopic (exact) mass is 254 g/mol. The minimum absolute atomic E-state index is 0.115. The minimum atomic E-state index is -1.57. The van der Waals surface area contributed by atoms with Gasteiger partial charge in [-0.15, -0.1) is 0 Å². The summed E-state index contributed by atoms with van der Waals surface area (Å²) in [5.41, 5.74) is 3.09. The van der Waals surface area contributed by atoms with Crippen LogP contribution in [0.2, 0.25) is 10.0 Å². The molecule has 1 atom stereocenters. The lowest BCUT2D eigenvalue weighted by molar-refractivity contribution is -0.481. The van der Waals surface area contributed by atoms with E-state index in [1.807, 2.05) is 0 Å². The number of carboxylic acid groups (broad SMARTS) is 1. The molecule has 15 heavy (non-hydrogen) atoms. The summed E-state index contributed by atoms with van der Waals surface area (Å²) in [6.45, 7) is 0. The van der Waals surface area contributed by atoms with E-state index in [1.165, 1.54) is 0 Å². The van der Waals surface area contributed by atoms with Crippen LogP contribution in [0.3, 0.4) is 0 Å². The molecule has 8 heteroatoms. The molecule has 0 aromatic carbocycles. The van der Waals surface area contributed by atoms with Crippen molar-refractivity contribution in [2.45, 2.75) is 6.23 Å². The highest BCUT2D eigenvalue weighted by molar-refractivity contribution is 6.35. The van der Waals surface area contributed by atoms with Crippen LogP contribution in [0.1, 0.15) is 0 Å². The molecule has 1 rings (SSSR count). The second kappa shape index (κ2) is 4.61. The Morgan fingerprint density at radius 2 is 2.20 bits per heavy atom. The van der Waals surface area contributed by atoms with Crippen molar-refractivity contribution in [1.29, 1.82) is 0 Å². The Labute approximate surface area is 93.6 Å². The highest BCUT2D eigenvalue weighted by atomic mass is 35.5. The van der Waals surface area contributed by atoms with Crippen molar-refractivity contribution >= 4 is 29.2 Å². The molecule has 1 unspecified atom stereocenters. The van der Waals surface area contributed by atoms with Crippen molar-refractivity contribution in [3.05, 3.63) is 22.1 Å². The van der Waals surface area contributed by atoms with Crippen molar-refractivity contribution in [3.63, 3.8) is 0 Å². The average Bonchev–Trinajstić information content (AvgIpc) is 2.13. The highest BCUT2D eigenvalue weighted by Gasteiger charge is 2.15. The lowest BCUT2D eigenvalue weighted by Gasteiger charge is -2.12. The molecule has 1 aromatic rings. The number of quaternary nitrogens is 1. The van der Waals surface area contributed by atoms with Gasteiger partial charge in [-0.1, -0.05) is 23.2 Å². The number of rotatable bonds is 3. The molecule has 0 bridgehead atoms. The maximum Gasteiger partial charge on any atom is 0.271 e. The lowest BCUT2D eigenvalue weighted by Crippen LogP contribution is -2.71. The third-order valence-electron chi connectivity index (χ3n) is 1.37. The van der Waals surface area contributed by atoms with Gasteiger partial charge in [0.25, 0.3) is 6.23 Å². The van der Waals surface area contributed by atoms with Crippen LogP contribution in [0, 0.1) is 5.95 Å². The second-order valence-electron chi connectivity index (χ2n) is 2.47. The minimum Gasteiger partial charge on any atom is -0.541 e. The number of hydrogen-bond donors (Lipinski definition) is 1. The third kappa shape index (κ3) is 2.92. The standard InChI is InChI=1S/C7H5Cl2FN2O3/c8-2-1-3(9)6(12-4(2)10)15-5(11)7(13)14/h1,5H,11H2,(H,13,14). The van der Waals surface area contributed by atoms with Gasteiger partial charge in [-0.25, -0.2) is 0 Å². The third-order valence-corrected chi connectivity index (χ3v) is 1.91. The molecule has 0 aliphatic heterocycles. The number of hydrogen-bond acceptors (Lipinski definition) is 4. The molecule has 0 saturated carbocycles. The van der Waals surface area contributed by atoms with Gasteiger partial charge in [-0.05, 0) is 6.07 Å². The molecule has 0 aliphatic rings. The Morgan fingerprint density at radius 1 is 1.60 bits per heavy atom. The first-order valence-electron chi connectivity index (χ1n) is 3.64. The number of aromatic nitrogens is 1. The lowest BCUT2D eigenvalue weighted by atomic mass is 10.4. The van der Waals surface area contributed by atoms with Crippen LogP contribution in [-0.2, 0) is 4.79 Å². The van der Waals surface area contributed by atoms with Gasteiger partial charge in [0.1, 0.15) is 11.0 Å². The number of carbonyl (C=O) groups excluding carboxylic acids is 1. The Morgan fingerprint density at radius 3 is 2.73 bits per heavy atom. The van der Waals surface area contributed by atoms with Gasteiger partial charge in [0.2, 0.25) is 11.8 Å². The second-order valence-corrected chi connectivity index (χ2v) is 3.29. The predicted octanol–water partition coefficient (Wildman–Crippen LogP) is -0.776. The van der Waals surface area contributed by atoms with Gasteiger partial charge in [-0.2, -0.15) is 9.37 Å². The molecule has 0 fully saturated rings. The predicted molar refractivity (Wildman–Crippen MR) is 46.5 cm³/mol. The van der Waals surface area contributed by atoms with Crippen LogP contribution in [0.4, 0.5) is 4.39 Å². The Balaban J connectivity index is 2.95. The maximum absolute atomic E-state index is 12.8. The van der Waals surface area contributed by atoms with Gasteiger partial charge >= 0.3 is 0 Å². The maximum atomic E-state index is 12.8. The molecule has 5 nitrogen and oxygen atoms in total. The summed E-state index contributed by atoms with van der Waals surface area (Å²) in [6, 6.07) is 1.04. The van der Waals surface area contributed by atoms with Crippen molar-refractivity contribution in [2.24, 2.45) is 0 Å². The number of aliphatic carboxylic acids is 1. The Kier molecular flexibility index (Phi) is 3.67. The normalized spacial score (nSPS) is 12.3. The first-order valence-corrected chi connectivity index (χ1v) is 4.39. The van der Waals surface area contributed by atoms with E-state index < -0.39 is 24.0 Å². The van der Waals surface area contributed by atoms with Crippen molar-refractivity contribution in [3.8, 4) is 5.88 Å². The van der Waals surface area contributed by atoms with E-state index in [9.17, 15) is 14.3 Å². The van der Waals surface area contributed by atoms with Crippen LogP contribution >= 0.6 is 23.2 Å². The van der Waals surface area contributed by atoms with Gasteiger partial charge in [0, 0.05) is 0 Å². The molecular formula is C7H5Cl2FN2O3. The van der Waals surface area contributed by atoms with Gasteiger partial charge in [0.15, 0.2) is 0 Å². The van der Waals surface area contributed by atoms with Crippen molar-refractivity contribution in [1.82, 2.24) is 4.98 Å². The zero-order valence-electron chi connectivity index (χ0n) is 7.17. The van der Waals surface area contributed by atoms with Gasteiger partial charge < -0.3 is 20.4 Å².